The minimum absolute atomic E-state index is 0.0917. The van der Waals surface area contributed by atoms with E-state index in [1.165, 1.54) is 12.1 Å². The molecule has 1 N–H and O–H groups in total. The molecule has 0 amide bonds. The van der Waals surface area contributed by atoms with Crippen LogP contribution in [-0.2, 0) is 4.79 Å². The first-order valence-corrected chi connectivity index (χ1v) is 4.10. The van der Waals surface area contributed by atoms with E-state index in [4.69, 9.17) is 9.84 Å². The van der Waals surface area contributed by atoms with Gasteiger partial charge in [-0.1, -0.05) is 19.9 Å². The molecule has 1 aromatic rings. The molecule has 1 aromatic carbocycles. The van der Waals surface area contributed by atoms with Crippen LogP contribution in [-0.4, -0.2) is 11.1 Å². The quantitative estimate of drug-likeness (QED) is 0.559. The van der Waals surface area contributed by atoms with Crippen molar-refractivity contribution >= 4 is 5.97 Å². The Morgan fingerprint density at radius 1 is 1.46 bits per heavy atom. The van der Waals surface area contributed by atoms with Gasteiger partial charge in [0.1, 0.15) is 11.5 Å². The van der Waals surface area contributed by atoms with Crippen molar-refractivity contribution in [1.82, 2.24) is 0 Å². The van der Waals surface area contributed by atoms with E-state index in [9.17, 15) is 4.79 Å². The zero-order chi connectivity index (χ0) is 9.84. The topological polar surface area (TPSA) is 46.5 Å². The van der Waals surface area contributed by atoms with Crippen LogP contribution < -0.4 is 4.74 Å². The SMILES string of the molecule is CC(C)C(=O)Oc1cccc(O)c1. The number of carbonyl (C=O) groups is 1. The number of rotatable bonds is 2. The van der Waals surface area contributed by atoms with E-state index >= 15 is 0 Å². The zero-order valence-corrected chi connectivity index (χ0v) is 7.65. The summed E-state index contributed by atoms with van der Waals surface area (Å²) in [6, 6.07) is 6.17. The number of phenolic OH excluding ortho intramolecular Hbond substituents is 1. The first-order valence-electron chi connectivity index (χ1n) is 4.10. The second-order valence-corrected chi connectivity index (χ2v) is 3.07. The predicted molar refractivity (Wildman–Crippen MR) is 48.6 cm³/mol. The van der Waals surface area contributed by atoms with Crippen LogP contribution in [0.2, 0.25) is 0 Å². The molecular weight excluding hydrogens is 168 g/mol. The molecule has 0 fully saturated rings. The van der Waals surface area contributed by atoms with E-state index < -0.39 is 0 Å². The summed E-state index contributed by atoms with van der Waals surface area (Å²) in [6.45, 7) is 3.51. The molecule has 0 saturated heterocycles. The second kappa shape index (κ2) is 3.94. The van der Waals surface area contributed by atoms with E-state index in [2.05, 4.69) is 0 Å². The average Bonchev–Trinajstić information content (AvgIpc) is 2.04. The minimum atomic E-state index is -0.300. The lowest BCUT2D eigenvalue weighted by atomic mass is 10.2. The number of hydrogen-bond donors (Lipinski definition) is 1. The molecule has 0 unspecified atom stereocenters. The molecule has 70 valence electrons. The molecule has 0 heterocycles. The number of phenols is 1. The fourth-order valence-electron chi connectivity index (χ4n) is 0.781. The van der Waals surface area contributed by atoms with Gasteiger partial charge >= 0.3 is 5.97 Å². The highest BCUT2D eigenvalue weighted by atomic mass is 16.5. The summed E-state index contributed by atoms with van der Waals surface area (Å²) < 4.78 is 4.96. The standard InChI is InChI=1S/C10H12O3/c1-7(2)10(12)13-9-5-3-4-8(11)6-9/h3-7,11H,1-2H3. The van der Waals surface area contributed by atoms with Crippen molar-refractivity contribution in [2.24, 2.45) is 5.92 Å². The molecule has 0 saturated carbocycles. The first-order chi connectivity index (χ1) is 6.09. The van der Waals surface area contributed by atoms with Crippen molar-refractivity contribution in [1.29, 1.82) is 0 Å². The molecule has 0 spiro atoms. The molecule has 3 nitrogen and oxygen atoms in total. The van der Waals surface area contributed by atoms with Gasteiger partial charge in [0, 0.05) is 6.07 Å². The Morgan fingerprint density at radius 2 is 2.15 bits per heavy atom. The van der Waals surface area contributed by atoms with E-state index in [0.717, 1.165) is 0 Å². The predicted octanol–water partition coefficient (Wildman–Crippen LogP) is 1.95. The summed E-state index contributed by atoms with van der Waals surface area (Å²) in [7, 11) is 0. The van der Waals surface area contributed by atoms with E-state index in [1.54, 1.807) is 26.0 Å². The van der Waals surface area contributed by atoms with Gasteiger partial charge in [-0.05, 0) is 12.1 Å². The Morgan fingerprint density at radius 3 is 2.69 bits per heavy atom. The Hall–Kier alpha value is -1.51. The van der Waals surface area contributed by atoms with Crippen LogP contribution in [0, 0.1) is 5.92 Å². The average molecular weight is 180 g/mol. The van der Waals surface area contributed by atoms with Gasteiger partial charge in [-0.3, -0.25) is 4.79 Å². The van der Waals surface area contributed by atoms with Gasteiger partial charge in [0.2, 0.25) is 0 Å². The van der Waals surface area contributed by atoms with Crippen LogP contribution in [0.1, 0.15) is 13.8 Å². The third-order valence-corrected chi connectivity index (χ3v) is 1.51. The lowest BCUT2D eigenvalue weighted by Gasteiger charge is -2.06. The maximum Gasteiger partial charge on any atom is 0.313 e. The lowest BCUT2D eigenvalue weighted by Crippen LogP contribution is -2.14. The number of carbonyl (C=O) groups excluding carboxylic acids is 1. The van der Waals surface area contributed by atoms with Gasteiger partial charge in [0.05, 0.1) is 5.92 Å². The highest BCUT2D eigenvalue weighted by Crippen LogP contribution is 2.18. The van der Waals surface area contributed by atoms with Crippen LogP contribution in [0.5, 0.6) is 11.5 Å². The van der Waals surface area contributed by atoms with E-state index in [1.807, 2.05) is 0 Å². The third-order valence-electron chi connectivity index (χ3n) is 1.51. The van der Waals surface area contributed by atoms with E-state index in [0.29, 0.717) is 5.75 Å². The lowest BCUT2D eigenvalue weighted by molar-refractivity contribution is -0.137. The zero-order valence-electron chi connectivity index (χ0n) is 7.65. The van der Waals surface area contributed by atoms with Gasteiger partial charge < -0.3 is 9.84 Å². The smallest absolute Gasteiger partial charge is 0.313 e. The van der Waals surface area contributed by atoms with Crippen molar-refractivity contribution < 1.29 is 14.6 Å². The fraction of sp³-hybridized carbons (Fsp3) is 0.300. The summed E-state index contributed by atoms with van der Waals surface area (Å²) >= 11 is 0. The molecule has 3 heteroatoms. The molecule has 1 rings (SSSR count). The first kappa shape index (κ1) is 9.58. The van der Waals surface area contributed by atoms with Crippen LogP contribution >= 0.6 is 0 Å². The highest BCUT2D eigenvalue weighted by Gasteiger charge is 2.09. The Labute approximate surface area is 77.0 Å². The van der Waals surface area contributed by atoms with Crippen molar-refractivity contribution in [3.8, 4) is 11.5 Å². The maximum absolute atomic E-state index is 11.1. The molecule has 0 aliphatic carbocycles. The molecule has 0 radical (unpaired) electrons. The van der Waals surface area contributed by atoms with Gasteiger partial charge in [-0.2, -0.15) is 0 Å². The Bertz CT molecular complexity index is 305. The Kier molecular flexibility index (Phi) is 2.90. The summed E-state index contributed by atoms with van der Waals surface area (Å²) in [6.07, 6.45) is 0. The number of ether oxygens (including phenoxy) is 1. The largest absolute Gasteiger partial charge is 0.508 e. The molecule has 0 aliphatic rings. The summed E-state index contributed by atoms with van der Waals surface area (Å²) in [5.74, 6) is 0.000653. The van der Waals surface area contributed by atoms with Crippen molar-refractivity contribution in [3.05, 3.63) is 24.3 Å². The number of hydrogen-bond acceptors (Lipinski definition) is 3. The third kappa shape index (κ3) is 2.78. The number of esters is 1. The minimum Gasteiger partial charge on any atom is -0.508 e. The Balaban J connectivity index is 2.69. The molecule has 13 heavy (non-hydrogen) atoms. The van der Waals surface area contributed by atoms with Gasteiger partial charge in [-0.15, -0.1) is 0 Å². The van der Waals surface area contributed by atoms with Gasteiger partial charge in [-0.25, -0.2) is 0 Å². The summed E-state index contributed by atoms with van der Waals surface area (Å²) in [5.41, 5.74) is 0. The normalized spacial score (nSPS) is 10.1. The summed E-state index contributed by atoms with van der Waals surface area (Å²) in [4.78, 5) is 11.1. The van der Waals surface area contributed by atoms with Crippen molar-refractivity contribution in [3.63, 3.8) is 0 Å². The van der Waals surface area contributed by atoms with E-state index in [-0.39, 0.29) is 17.6 Å². The molecular formula is C10H12O3. The van der Waals surface area contributed by atoms with Crippen LogP contribution in [0.25, 0.3) is 0 Å². The molecule has 0 aliphatic heterocycles. The molecule has 0 aromatic heterocycles. The number of aromatic hydroxyl groups is 1. The highest BCUT2D eigenvalue weighted by molar-refractivity contribution is 5.74. The van der Waals surface area contributed by atoms with Crippen LogP contribution in [0.4, 0.5) is 0 Å². The van der Waals surface area contributed by atoms with Gasteiger partial charge in [0.15, 0.2) is 0 Å². The van der Waals surface area contributed by atoms with Crippen LogP contribution in [0.15, 0.2) is 24.3 Å². The summed E-state index contributed by atoms with van der Waals surface area (Å²) in [5, 5.41) is 9.07. The van der Waals surface area contributed by atoms with Crippen molar-refractivity contribution in [2.75, 3.05) is 0 Å². The molecule has 0 bridgehead atoms. The maximum atomic E-state index is 11.1. The monoisotopic (exact) mass is 180 g/mol. The fourth-order valence-corrected chi connectivity index (χ4v) is 0.781. The second-order valence-electron chi connectivity index (χ2n) is 3.07. The molecule has 0 atom stereocenters. The van der Waals surface area contributed by atoms with Crippen molar-refractivity contribution in [2.45, 2.75) is 13.8 Å². The van der Waals surface area contributed by atoms with Gasteiger partial charge in [0.25, 0.3) is 0 Å². The van der Waals surface area contributed by atoms with Crippen LogP contribution in [0.3, 0.4) is 0 Å². The number of benzene rings is 1.